The third kappa shape index (κ3) is 3.63. The number of carbonyl (C=O) groups is 2. The fourth-order valence-corrected chi connectivity index (χ4v) is 1.94. The molecule has 2 rings (SSSR count). The zero-order valence-corrected chi connectivity index (χ0v) is 12.5. The predicted octanol–water partition coefficient (Wildman–Crippen LogP) is 2.59. The molecule has 0 aliphatic rings. The van der Waals surface area contributed by atoms with Gasteiger partial charge < -0.3 is 5.11 Å². The number of benzene rings is 2. The molecule has 2 amide bonds. The lowest BCUT2D eigenvalue weighted by Crippen LogP contribution is -2.41. The second-order valence-electron chi connectivity index (χ2n) is 5.21. The Morgan fingerprint density at radius 2 is 1.59 bits per heavy atom. The molecule has 0 bridgehead atoms. The summed E-state index contributed by atoms with van der Waals surface area (Å²) in [6.45, 7) is 3.99. The van der Waals surface area contributed by atoms with Crippen molar-refractivity contribution in [3.8, 4) is 5.75 Å². The molecule has 0 spiro atoms. The van der Waals surface area contributed by atoms with Crippen molar-refractivity contribution in [1.29, 1.82) is 0 Å². The Kier molecular flexibility index (Phi) is 4.78. The van der Waals surface area contributed by atoms with Crippen molar-refractivity contribution in [3.63, 3.8) is 0 Å². The molecular formula is C17H18N2O3. The summed E-state index contributed by atoms with van der Waals surface area (Å²) in [6, 6.07) is 13.4. The Morgan fingerprint density at radius 1 is 0.955 bits per heavy atom. The van der Waals surface area contributed by atoms with Crippen LogP contribution in [-0.4, -0.2) is 16.9 Å². The fraction of sp³-hybridized carbons (Fsp3) is 0.176. The summed E-state index contributed by atoms with van der Waals surface area (Å²) >= 11 is 0. The first-order chi connectivity index (χ1) is 10.5. The summed E-state index contributed by atoms with van der Waals surface area (Å²) in [5, 5.41) is 9.92. The first-order valence-corrected chi connectivity index (χ1v) is 6.97. The van der Waals surface area contributed by atoms with Crippen LogP contribution in [0.3, 0.4) is 0 Å². The molecule has 0 saturated heterocycles. The molecule has 114 valence electrons. The number of nitrogens with one attached hydrogen (secondary N) is 2. The van der Waals surface area contributed by atoms with E-state index in [1.807, 2.05) is 13.8 Å². The minimum atomic E-state index is -0.572. The smallest absolute Gasteiger partial charge is 0.273 e. The number of phenolic OH excluding ortho intramolecular Hbond substituents is 1. The zero-order valence-electron chi connectivity index (χ0n) is 12.5. The van der Waals surface area contributed by atoms with E-state index in [0.717, 1.165) is 5.56 Å². The van der Waals surface area contributed by atoms with E-state index in [-0.39, 0.29) is 17.2 Å². The van der Waals surface area contributed by atoms with Gasteiger partial charge in [-0.2, -0.15) is 0 Å². The van der Waals surface area contributed by atoms with Gasteiger partial charge in [0.1, 0.15) is 5.75 Å². The Hall–Kier alpha value is -2.82. The Morgan fingerprint density at radius 3 is 2.18 bits per heavy atom. The van der Waals surface area contributed by atoms with Gasteiger partial charge in [-0.3, -0.25) is 20.4 Å². The quantitative estimate of drug-likeness (QED) is 0.762. The first kappa shape index (κ1) is 15.6. The van der Waals surface area contributed by atoms with Crippen molar-refractivity contribution >= 4 is 11.8 Å². The van der Waals surface area contributed by atoms with Crippen molar-refractivity contribution in [2.45, 2.75) is 19.8 Å². The van der Waals surface area contributed by atoms with Gasteiger partial charge in [0.05, 0.1) is 5.56 Å². The summed E-state index contributed by atoms with van der Waals surface area (Å²) in [4.78, 5) is 23.8. The highest BCUT2D eigenvalue weighted by atomic mass is 16.3. The number of hydrogen-bond acceptors (Lipinski definition) is 3. The average Bonchev–Trinajstić information content (AvgIpc) is 2.52. The molecule has 22 heavy (non-hydrogen) atoms. The van der Waals surface area contributed by atoms with Crippen molar-refractivity contribution in [1.82, 2.24) is 10.9 Å². The molecular weight excluding hydrogens is 280 g/mol. The highest BCUT2D eigenvalue weighted by molar-refractivity contribution is 6.00. The first-order valence-electron chi connectivity index (χ1n) is 6.97. The molecule has 0 saturated carbocycles. The molecule has 3 N–H and O–H groups in total. The van der Waals surface area contributed by atoms with E-state index in [0.29, 0.717) is 5.56 Å². The number of aromatic hydroxyl groups is 1. The van der Waals surface area contributed by atoms with Gasteiger partial charge in [0, 0.05) is 5.56 Å². The van der Waals surface area contributed by atoms with Crippen LogP contribution in [0.5, 0.6) is 5.75 Å². The lowest BCUT2D eigenvalue weighted by Gasteiger charge is -2.11. The second-order valence-corrected chi connectivity index (χ2v) is 5.21. The highest BCUT2D eigenvalue weighted by Crippen LogP contribution is 2.23. The van der Waals surface area contributed by atoms with Gasteiger partial charge in [-0.15, -0.1) is 0 Å². The molecule has 0 atom stereocenters. The minimum absolute atomic E-state index is 0.109. The van der Waals surface area contributed by atoms with Crippen molar-refractivity contribution in [3.05, 3.63) is 65.2 Å². The number of rotatable bonds is 3. The summed E-state index contributed by atoms with van der Waals surface area (Å²) in [5.74, 6) is -0.859. The number of hydrogen-bond donors (Lipinski definition) is 3. The summed E-state index contributed by atoms with van der Waals surface area (Å²) in [5.41, 5.74) is 6.07. The standard InChI is InChI=1S/C17H18N2O3/c1-11(2)13-8-9-14(15(20)10-13)17(22)19-18-16(21)12-6-4-3-5-7-12/h3-11,20H,1-2H3,(H,18,21)(H,19,22). The normalized spacial score (nSPS) is 10.3. The zero-order chi connectivity index (χ0) is 16.1. The molecule has 0 radical (unpaired) electrons. The molecule has 2 aromatic carbocycles. The number of hydrazine groups is 1. The molecule has 5 heteroatoms. The van der Waals surface area contributed by atoms with Crippen LogP contribution in [0, 0.1) is 0 Å². The van der Waals surface area contributed by atoms with Crippen LogP contribution >= 0.6 is 0 Å². The van der Waals surface area contributed by atoms with Gasteiger partial charge >= 0.3 is 0 Å². The van der Waals surface area contributed by atoms with Crippen molar-refractivity contribution < 1.29 is 14.7 Å². The summed E-state index contributed by atoms with van der Waals surface area (Å²) in [6.07, 6.45) is 0. The Balaban J connectivity index is 2.02. The maximum Gasteiger partial charge on any atom is 0.273 e. The molecule has 0 aromatic heterocycles. The Labute approximate surface area is 129 Å². The summed E-state index contributed by atoms with van der Waals surface area (Å²) in [7, 11) is 0. The highest BCUT2D eigenvalue weighted by Gasteiger charge is 2.13. The van der Waals surface area contributed by atoms with E-state index in [2.05, 4.69) is 10.9 Å². The number of phenols is 1. The van der Waals surface area contributed by atoms with Crippen LogP contribution in [0.2, 0.25) is 0 Å². The second kappa shape index (κ2) is 6.76. The van der Waals surface area contributed by atoms with E-state index >= 15 is 0 Å². The van der Waals surface area contributed by atoms with Gasteiger partial charge in [0.2, 0.25) is 0 Å². The van der Waals surface area contributed by atoms with Gasteiger partial charge in [0.25, 0.3) is 11.8 Å². The topological polar surface area (TPSA) is 78.4 Å². The molecule has 0 aliphatic heterocycles. The largest absolute Gasteiger partial charge is 0.507 e. The predicted molar refractivity (Wildman–Crippen MR) is 83.6 cm³/mol. The van der Waals surface area contributed by atoms with Crippen LogP contribution in [0.1, 0.15) is 46.0 Å². The maximum atomic E-state index is 12.0. The molecule has 0 aliphatic carbocycles. The van der Waals surface area contributed by atoms with Crippen LogP contribution < -0.4 is 10.9 Å². The molecule has 2 aromatic rings. The average molecular weight is 298 g/mol. The molecule has 0 fully saturated rings. The van der Waals surface area contributed by atoms with Crippen LogP contribution in [0.4, 0.5) is 0 Å². The maximum absolute atomic E-state index is 12.0. The molecule has 0 heterocycles. The third-order valence-corrected chi connectivity index (χ3v) is 3.26. The van der Waals surface area contributed by atoms with Crippen molar-refractivity contribution in [2.75, 3.05) is 0 Å². The van der Waals surface area contributed by atoms with Gasteiger partial charge in [-0.05, 0) is 35.7 Å². The monoisotopic (exact) mass is 298 g/mol. The van der Waals surface area contributed by atoms with Crippen LogP contribution in [0.25, 0.3) is 0 Å². The number of amides is 2. The fourth-order valence-electron chi connectivity index (χ4n) is 1.94. The molecule has 0 unspecified atom stereocenters. The lowest BCUT2D eigenvalue weighted by atomic mass is 10.0. The van der Waals surface area contributed by atoms with E-state index in [1.54, 1.807) is 42.5 Å². The van der Waals surface area contributed by atoms with E-state index in [4.69, 9.17) is 0 Å². The lowest BCUT2D eigenvalue weighted by molar-refractivity contribution is 0.0845. The van der Waals surface area contributed by atoms with Crippen LogP contribution in [0.15, 0.2) is 48.5 Å². The summed E-state index contributed by atoms with van der Waals surface area (Å²) < 4.78 is 0. The van der Waals surface area contributed by atoms with Gasteiger partial charge in [0.15, 0.2) is 0 Å². The third-order valence-electron chi connectivity index (χ3n) is 3.26. The SMILES string of the molecule is CC(C)c1ccc(C(=O)NNC(=O)c2ccccc2)c(O)c1. The van der Waals surface area contributed by atoms with Gasteiger partial charge in [-0.25, -0.2) is 0 Å². The Bertz CT molecular complexity index is 682. The number of carbonyl (C=O) groups excluding carboxylic acids is 2. The van der Waals surface area contributed by atoms with Crippen molar-refractivity contribution in [2.24, 2.45) is 0 Å². The minimum Gasteiger partial charge on any atom is -0.507 e. The van der Waals surface area contributed by atoms with E-state index in [1.165, 1.54) is 6.07 Å². The van der Waals surface area contributed by atoms with E-state index < -0.39 is 11.8 Å². The molecule has 5 nitrogen and oxygen atoms in total. The van der Waals surface area contributed by atoms with Crippen LogP contribution in [-0.2, 0) is 0 Å². The van der Waals surface area contributed by atoms with E-state index in [9.17, 15) is 14.7 Å². The van der Waals surface area contributed by atoms with Gasteiger partial charge in [-0.1, -0.05) is 38.1 Å².